The highest BCUT2D eigenvalue weighted by atomic mass is 79.9. The van der Waals surface area contributed by atoms with Crippen LogP contribution in [0.1, 0.15) is 17.3 Å². The molecule has 2 aromatic carbocycles. The number of nitrogens with one attached hydrogen (secondary N) is 1. The first-order valence-corrected chi connectivity index (χ1v) is 8.95. The van der Waals surface area contributed by atoms with Gasteiger partial charge in [0.15, 0.2) is 11.5 Å². The van der Waals surface area contributed by atoms with Gasteiger partial charge in [-0.05, 0) is 37.3 Å². The second-order valence-electron chi connectivity index (χ2n) is 4.87. The summed E-state index contributed by atoms with van der Waals surface area (Å²) in [6, 6.07) is 8.47. The van der Waals surface area contributed by atoms with Crippen LogP contribution in [0.25, 0.3) is 0 Å². The van der Waals surface area contributed by atoms with Gasteiger partial charge in [-0.1, -0.05) is 28.1 Å². The highest BCUT2D eigenvalue weighted by molar-refractivity contribution is 9.10. The van der Waals surface area contributed by atoms with Gasteiger partial charge in [-0.25, -0.2) is 8.42 Å². The van der Waals surface area contributed by atoms with Crippen LogP contribution in [0.5, 0.6) is 5.75 Å². The Balaban J connectivity index is 2.36. The molecule has 0 aliphatic rings. The molecule has 10 heteroatoms. The molecule has 0 saturated heterocycles. The van der Waals surface area contributed by atoms with Crippen molar-refractivity contribution in [3.8, 4) is 5.75 Å². The number of sulfonamides is 1. The van der Waals surface area contributed by atoms with E-state index in [1.165, 1.54) is 37.3 Å². The summed E-state index contributed by atoms with van der Waals surface area (Å²) in [6.07, 6.45) is -4.98. The van der Waals surface area contributed by atoms with Crippen molar-refractivity contribution >= 4 is 37.4 Å². The fraction of sp³-hybridized carbons (Fsp3) is 0.133. The van der Waals surface area contributed by atoms with Crippen molar-refractivity contribution in [1.82, 2.24) is 0 Å². The van der Waals surface area contributed by atoms with Gasteiger partial charge in [0.1, 0.15) is 0 Å². The smallest absolute Gasteiger partial charge is 0.403 e. The molecule has 0 saturated carbocycles. The normalized spacial score (nSPS) is 11.9. The monoisotopic (exact) mass is 437 g/mol. The van der Waals surface area contributed by atoms with Gasteiger partial charge in [0.2, 0.25) is 0 Å². The lowest BCUT2D eigenvalue weighted by Gasteiger charge is -2.15. The number of ether oxygens (including phenoxy) is 1. The molecule has 0 spiro atoms. The van der Waals surface area contributed by atoms with E-state index >= 15 is 0 Å². The van der Waals surface area contributed by atoms with Crippen LogP contribution in [0.4, 0.5) is 18.9 Å². The Kier molecular flexibility index (Phi) is 5.43. The van der Waals surface area contributed by atoms with Crippen molar-refractivity contribution in [1.29, 1.82) is 0 Å². The van der Waals surface area contributed by atoms with E-state index in [2.05, 4.69) is 20.7 Å². The van der Waals surface area contributed by atoms with Gasteiger partial charge < -0.3 is 4.74 Å². The zero-order valence-corrected chi connectivity index (χ0v) is 15.0. The van der Waals surface area contributed by atoms with Crippen molar-refractivity contribution in [3.05, 3.63) is 52.5 Å². The number of benzene rings is 2. The maximum atomic E-state index is 12.5. The highest BCUT2D eigenvalue weighted by Crippen LogP contribution is 2.34. The molecule has 0 unspecified atom stereocenters. The Morgan fingerprint density at radius 1 is 1.12 bits per heavy atom. The predicted molar refractivity (Wildman–Crippen MR) is 88.1 cm³/mol. The first kappa shape index (κ1) is 19.3. The summed E-state index contributed by atoms with van der Waals surface area (Å²) < 4.78 is 68.3. The van der Waals surface area contributed by atoms with Crippen molar-refractivity contribution < 1.29 is 31.1 Å². The summed E-state index contributed by atoms with van der Waals surface area (Å²) in [4.78, 5) is 11.0. The molecule has 0 radical (unpaired) electrons. The van der Waals surface area contributed by atoms with Crippen LogP contribution in [0.15, 0.2) is 51.8 Å². The Hall–Kier alpha value is -2.07. The van der Waals surface area contributed by atoms with Crippen LogP contribution >= 0.6 is 15.9 Å². The second-order valence-corrected chi connectivity index (χ2v) is 7.47. The van der Waals surface area contributed by atoms with Gasteiger partial charge in [-0.3, -0.25) is 9.52 Å². The summed E-state index contributed by atoms with van der Waals surface area (Å²) in [5.41, 5.74) is -0.0696. The average Bonchev–Trinajstić information content (AvgIpc) is 2.48. The molecule has 2 aromatic rings. The Bertz CT molecular complexity index is 896. The molecule has 0 bridgehead atoms. The molecule has 0 amide bonds. The van der Waals surface area contributed by atoms with Crippen molar-refractivity contribution in [2.24, 2.45) is 0 Å². The first-order valence-electron chi connectivity index (χ1n) is 6.67. The maximum Gasteiger partial charge on any atom is 0.573 e. The van der Waals surface area contributed by atoms with Crippen LogP contribution in [0, 0.1) is 0 Å². The number of carbonyl (C=O) groups is 1. The Labute approximate surface area is 150 Å². The fourth-order valence-corrected chi connectivity index (χ4v) is 3.27. The van der Waals surface area contributed by atoms with Gasteiger partial charge in [0, 0.05) is 10.0 Å². The summed E-state index contributed by atoms with van der Waals surface area (Å²) in [6.45, 7) is 1.32. The molecule has 134 valence electrons. The Morgan fingerprint density at radius 3 is 2.24 bits per heavy atom. The molecule has 25 heavy (non-hydrogen) atoms. The molecular weight excluding hydrogens is 427 g/mol. The van der Waals surface area contributed by atoms with Gasteiger partial charge in [-0.2, -0.15) is 0 Å². The number of ketones is 1. The van der Waals surface area contributed by atoms with Crippen LogP contribution in [0.3, 0.4) is 0 Å². The van der Waals surface area contributed by atoms with E-state index in [4.69, 9.17) is 0 Å². The van der Waals surface area contributed by atoms with Crippen LogP contribution in [0.2, 0.25) is 0 Å². The minimum absolute atomic E-state index is 0.210. The lowest BCUT2D eigenvalue weighted by atomic mass is 10.2. The molecule has 5 nitrogen and oxygen atoms in total. The zero-order chi connectivity index (χ0) is 18.8. The number of carbonyl (C=O) groups excluding carboxylic acids is 1. The topological polar surface area (TPSA) is 72.5 Å². The molecule has 2 rings (SSSR count). The third kappa shape index (κ3) is 5.20. The van der Waals surface area contributed by atoms with Crippen molar-refractivity contribution in [3.63, 3.8) is 0 Å². The third-order valence-electron chi connectivity index (χ3n) is 2.98. The standard InChI is InChI=1S/C15H11BrF3NO4S/c1-9(21)10-2-5-12(6-3-10)25(22,23)20-13-7-4-11(16)8-14(13)24-15(17,18)19/h2-8,20H,1H3. The van der Waals surface area contributed by atoms with Gasteiger partial charge in [0.25, 0.3) is 10.0 Å². The molecule has 1 N–H and O–H groups in total. The van der Waals surface area contributed by atoms with E-state index < -0.39 is 22.1 Å². The third-order valence-corrected chi connectivity index (χ3v) is 4.86. The first-order chi connectivity index (χ1) is 11.5. The van der Waals surface area contributed by atoms with E-state index in [0.29, 0.717) is 5.56 Å². The van der Waals surface area contributed by atoms with E-state index in [9.17, 15) is 26.4 Å². The summed E-state index contributed by atoms with van der Waals surface area (Å²) in [5.74, 6) is -0.948. The minimum Gasteiger partial charge on any atom is -0.403 e. The number of Topliss-reactive ketones (excluding diaryl/α,β-unsaturated/α-hetero) is 1. The van der Waals surface area contributed by atoms with Gasteiger partial charge >= 0.3 is 6.36 Å². The minimum atomic E-state index is -4.98. The van der Waals surface area contributed by atoms with Crippen molar-refractivity contribution in [2.45, 2.75) is 18.2 Å². The molecule has 0 aromatic heterocycles. The van der Waals surface area contributed by atoms with Crippen LogP contribution in [-0.2, 0) is 10.0 Å². The van der Waals surface area contributed by atoms with Crippen LogP contribution < -0.4 is 9.46 Å². The zero-order valence-electron chi connectivity index (χ0n) is 12.6. The lowest BCUT2D eigenvalue weighted by molar-refractivity contribution is -0.274. The highest BCUT2D eigenvalue weighted by Gasteiger charge is 2.33. The van der Waals surface area contributed by atoms with Gasteiger partial charge in [-0.15, -0.1) is 13.2 Å². The SMILES string of the molecule is CC(=O)c1ccc(S(=O)(=O)Nc2ccc(Br)cc2OC(F)(F)F)cc1. The van der Waals surface area contributed by atoms with E-state index in [-0.39, 0.29) is 20.8 Å². The number of halogens is 4. The van der Waals surface area contributed by atoms with E-state index in [1.54, 1.807) is 0 Å². The lowest BCUT2D eigenvalue weighted by Crippen LogP contribution is -2.20. The van der Waals surface area contributed by atoms with Gasteiger partial charge in [0.05, 0.1) is 10.6 Å². The second kappa shape index (κ2) is 7.04. The largest absolute Gasteiger partial charge is 0.573 e. The number of alkyl halides is 3. The van der Waals surface area contributed by atoms with E-state index in [1.807, 2.05) is 4.72 Å². The molecule has 0 fully saturated rings. The number of hydrogen-bond donors (Lipinski definition) is 1. The fourth-order valence-electron chi connectivity index (χ4n) is 1.86. The van der Waals surface area contributed by atoms with Crippen LogP contribution in [-0.4, -0.2) is 20.6 Å². The quantitative estimate of drug-likeness (QED) is 0.705. The molecule has 0 aliphatic heterocycles. The maximum absolute atomic E-state index is 12.5. The molecular formula is C15H11BrF3NO4S. The molecule has 0 atom stereocenters. The summed E-state index contributed by atoms with van der Waals surface area (Å²) in [7, 11) is -4.17. The summed E-state index contributed by atoms with van der Waals surface area (Å²) in [5, 5.41) is 0. The summed E-state index contributed by atoms with van der Waals surface area (Å²) >= 11 is 2.99. The molecule has 0 aliphatic carbocycles. The number of rotatable bonds is 5. The number of anilines is 1. The van der Waals surface area contributed by atoms with E-state index in [0.717, 1.165) is 12.1 Å². The molecule has 0 heterocycles. The number of hydrogen-bond acceptors (Lipinski definition) is 4. The predicted octanol–water partition coefficient (Wildman–Crippen LogP) is 4.35. The van der Waals surface area contributed by atoms with Crippen molar-refractivity contribution in [2.75, 3.05) is 4.72 Å². The Morgan fingerprint density at radius 2 is 1.72 bits per heavy atom. The average molecular weight is 438 g/mol.